The summed E-state index contributed by atoms with van der Waals surface area (Å²) in [6, 6.07) is 4.99. The van der Waals surface area contributed by atoms with Crippen LogP contribution in [0.15, 0.2) is 18.2 Å². The number of nitrogens with one attached hydrogen (secondary N) is 1. The minimum Gasteiger partial charge on any atom is -0.490 e. The van der Waals surface area contributed by atoms with Crippen LogP contribution in [0.3, 0.4) is 0 Å². The molecule has 2 saturated carbocycles. The van der Waals surface area contributed by atoms with Crippen molar-refractivity contribution in [3.8, 4) is 11.5 Å². The van der Waals surface area contributed by atoms with Crippen molar-refractivity contribution in [3.05, 3.63) is 23.8 Å². The number of hydrogen-bond donors (Lipinski definition) is 2. The fourth-order valence-corrected chi connectivity index (χ4v) is 4.48. The van der Waals surface area contributed by atoms with E-state index in [0.717, 1.165) is 11.8 Å². The lowest BCUT2D eigenvalue weighted by molar-refractivity contribution is -0.139. The number of carbonyl (C=O) groups is 2. The highest BCUT2D eigenvalue weighted by atomic mass is 16.5. The van der Waals surface area contributed by atoms with Crippen molar-refractivity contribution in [3.63, 3.8) is 0 Å². The Hall–Kier alpha value is -2.24. The predicted molar refractivity (Wildman–Crippen MR) is 96.6 cm³/mol. The van der Waals surface area contributed by atoms with Crippen LogP contribution in [0.2, 0.25) is 0 Å². The lowest BCUT2D eigenvalue weighted by Gasteiger charge is -2.28. The van der Waals surface area contributed by atoms with Crippen molar-refractivity contribution >= 4 is 11.9 Å². The molecule has 4 unspecified atom stereocenters. The summed E-state index contributed by atoms with van der Waals surface area (Å²) in [5, 5.41) is 11.9. The second kappa shape index (κ2) is 7.98. The van der Waals surface area contributed by atoms with E-state index in [9.17, 15) is 9.59 Å². The molecule has 0 saturated heterocycles. The Balaban J connectivity index is 1.66. The Kier molecular flexibility index (Phi) is 5.69. The summed E-state index contributed by atoms with van der Waals surface area (Å²) in [7, 11) is 0. The lowest BCUT2D eigenvalue weighted by Crippen LogP contribution is -2.40. The van der Waals surface area contributed by atoms with Crippen molar-refractivity contribution in [2.45, 2.75) is 45.6 Å². The second-order valence-electron chi connectivity index (χ2n) is 7.38. The van der Waals surface area contributed by atoms with E-state index in [2.05, 4.69) is 12.2 Å². The van der Waals surface area contributed by atoms with E-state index < -0.39 is 12.6 Å². The van der Waals surface area contributed by atoms with Gasteiger partial charge in [0.2, 0.25) is 0 Å². The summed E-state index contributed by atoms with van der Waals surface area (Å²) in [5.74, 6) is 1.68. The maximum Gasteiger partial charge on any atom is 0.341 e. The highest BCUT2D eigenvalue weighted by Gasteiger charge is 2.42. The van der Waals surface area contributed by atoms with Crippen LogP contribution in [0.25, 0.3) is 0 Å². The van der Waals surface area contributed by atoms with Crippen LogP contribution < -0.4 is 14.8 Å². The molecule has 26 heavy (non-hydrogen) atoms. The Morgan fingerprint density at radius 2 is 2.04 bits per heavy atom. The van der Waals surface area contributed by atoms with Gasteiger partial charge < -0.3 is 19.9 Å². The molecule has 0 aliphatic heterocycles. The highest BCUT2D eigenvalue weighted by molar-refractivity contribution is 5.95. The fourth-order valence-electron chi connectivity index (χ4n) is 4.48. The molecule has 2 aliphatic rings. The topological polar surface area (TPSA) is 84.9 Å². The number of carbonyl (C=O) groups excluding carboxylic acids is 1. The van der Waals surface area contributed by atoms with E-state index >= 15 is 0 Å². The molecule has 2 bridgehead atoms. The van der Waals surface area contributed by atoms with Gasteiger partial charge in [-0.2, -0.15) is 0 Å². The molecule has 3 rings (SSSR count). The number of fused-ring (bicyclic) bond motifs is 2. The molecule has 0 spiro atoms. The van der Waals surface area contributed by atoms with E-state index in [4.69, 9.17) is 14.6 Å². The molecule has 6 nitrogen and oxygen atoms in total. The molecule has 1 aromatic rings. The zero-order valence-corrected chi connectivity index (χ0v) is 15.4. The van der Waals surface area contributed by atoms with E-state index in [1.54, 1.807) is 18.2 Å². The number of carboxylic acids is 1. The second-order valence-corrected chi connectivity index (χ2v) is 7.38. The number of amides is 1. The summed E-state index contributed by atoms with van der Waals surface area (Å²) < 4.78 is 10.7. The fraction of sp³-hybridized carbons (Fsp3) is 0.600. The number of ether oxygens (including phenoxy) is 2. The summed E-state index contributed by atoms with van der Waals surface area (Å²) in [5.41, 5.74) is 0.492. The van der Waals surface area contributed by atoms with Crippen molar-refractivity contribution < 1.29 is 24.2 Å². The molecule has 0 aromatic heterocycles. The Morgan fingerprint density at radius 1 is 1.23 bits per heavy atom. The Labute approximate surface area is 153 Å². The van der Waals surface area contributed by atoms with Gasteiger partial charge in [0.1, 0.15) is 0 Å². The van der Waals surface area contributed by atoms with Gasteiger partial charge in [-0.15, -0.1) is 0 Å². The van der Waals surface area contributed by atoms with Gasteiger partial charge in [-0.25, -0.2) is 4.79 Å². The molecule has 0 heterocycles. The minimum atomic E-state index is -1.06. The number of rotatable bonds is 8. The first kappa shape index (κ1) is 18.5. The van der Waals surface area contributed by atoms with Crippen LogP contribution in [0.5, 0.6) is 11.5 Å². The highest BCUT2D eigenvalue weighted by Crippen LogP contribution is 2.49. The van der Waals surface area contributed by atoms with Gasteiger partial charge in [0.15, 0.2) is 18.1 Å². The molecule has 4 atom stereocenters. The molecule has 0 radical (unpaired) electrons. The first-order chi connectivity index (χ1) is 12.5. The average Bonchev–Trinajstić information content (AvgIpc) is 3.24. The van der Waals surface area contributed by atoms with Gasteiger partial charge >= 0.3 is 5.97 Å². The SMILES string of the molecule is CCOc1cc(C(=O)NC(C)C2CC3CCC2C3)ccc1OCC(=O)O. The van der Waals surface area contributed by atoms with Gasteiger partial charge in [-0.3, -0.25) is 4.79 Å². The first-order valence-corrected chi connectivity index (χ1v) is 9.40. The molecule has 1 amide bonds. The number of benzene rings is 1. The molecule has 2 aliphatic carbocycles. The van der Waals surface area contributed by atoms with Crippen LogP contribution in [-0.4, -0.2) is 36.2 Å². The monoisotopic (exact) mass is 361 g/mol. The summed E-state index contributed by atoms with van der Waals surface area (Å²) >= 11 is 0. The van der Waals surface area contributed by atoms with Gasteiger partial charge in [0, 0.05) is 11.6 Å². The van der Waals surface area contributed by atoms with Crippen molar-refractivity contribution in [2.75, 3.05) is 13.2 Å². The molecule has 2 N–H and O–H groups in total. The number of aliphatic carboxylic acids is 1. The van der Waals surface area contributed by atoms with Gasteiger partial charge in [0.25, 0.3) is 5.91 Å². The van der Waals surface area contributed by atoms with Crippen molar-refractivity contribution in [1.82, 2.24) is 5.32 Å². The molecule has 142 valence electrons. The summed E-state index contributed by atoms with van der Waals surface area (Å²) in [6.07, 6.45) is 5.17. The first-order valence-electron chi connectivity index (χ1n) is 9.40. The third-order valence-electron chi connectivity index (χ3n) is 5.65. The summed E-state index contributed by atoms with van der Waals surface area (Å²) in [6.45, 7) is 3.87. The molecular formula is C20H27NO5. The standard InChI is InChI=1S/C20H27NO5/c1-3-25-18-10-15(6-7-17(18)26-11-19(22)23)20(24)21-12(2)16-9-13-4-5-14(16)8-13/h6-7,10,12-14,16H,3-5,8-9,11H2,1-2H3,(H,21,24)(H,22,23). The van der Waals surface area contributed by atoms with Crippen LogP contribution in [0.1, 0.15) is 49.9 Å². The third kappa shape index (κ3) is 4.11. The predicted octanol–water partition coefficient (Wildman–Crippen LogP) is 3.10. The third-order valence-corrected chi connectivity index (χ3v) is 5.65. The zero-order chi connectivity index (χ0) is 18.7. The maximum absolute atomic E-state index is 12.7. The molecule has 2 fully saturated rings. The van der Waals surface area contributed by atoms with Gasteiger partial charge in [0.05, 0.1) is 6.61 Å². The van der Waals surface area contributed by atoms with Crippen molar-refractivity contribution in [2.24, 2.45) is 17.8 Å². The van der Waals surface area contributed by atoms with E-state index in [1.165, 1.54) is 25.7 Å². The normalized spacial score (nSPS) is 24.9. The number of carboxylic acid groups (broad SMARTS) is 1. The quantitative estimate of drug-likeness (QED) is 0.743. The van der Waals surface area contributed by atoms with Gasteiger partial charge in [-0.1, -0.05) is 6.42 Å². The maximum atomic E-state index is 12.7. The Morgan fingerprint density at radius 3 is 2.65 bits per heavy atom. The molecule has 6 heteroatoms. The number of hydrogen-bond acceptors (Lipinski definition) is 4. The largest absolute Gasteiger partial charge is 0.490 e. The van der Waals surface area contributed by atoms with E-state index in [0.29, 0.717) is 29.6 Å². The molecule has 1 aromatic carbocycles. The minimum absolute atomic E-state index is 0.133. The molecular weight excluding hydrogens is 334 g/mol. The Bertz CT molecular complexity index is 674. The summed E-state index contributed by atoms with van der Waals surface area (Å²) in [4.78, 5) is 23.3. The van der Waals surface area contributed by atoms with Gasteiger partial charge in [-0.05, 0) is 69.1 Å². The average molecular weight is 361 g/mol. The van der Waals surface area contributed by atoms with Crippen LogP contribution in [-0.2, 0) is 4.79 Å². The van der Waals surface area contributed by atoms with Crippen LogP contribution >= 0.6 is 0 Å². The van der Waals surface area contributed by atoms with E-state index in [1.807, 2.05) is 6.92 Å². The van der Waals surface area contributed by atoms with Crippen LogP contribution in [0, 0.1) is 17.8 Å². The van der Waals surface area contributed by atoms with Crippen LogP contribution in [0.4, 0.5) is 0 Å². The van der Waals surface area contributed by atoms with Crippen molar-refractivity contribution in [1.29, 1.82) is 0 Å². The smallest absolute Gasteiger partial charge is 0.341 e. The lowest BCUT2D eigenvalue weighted by atomic mass is 9.84. The van der Waals surface area contributed by atoms with E-state index in [-0.39, 0.29) is 11.9 Å². The zero-order valence-electron chi connectivity index (χ0n) is 15.4.